The van der Waals surface area contributed by atoms with Gasteiger partial charge in [-0.05, 0) is 0 Å². The molecular formula is C38H56Ge2IrN2O2+. The van der Waals surface area contributed by atoms with Crippen molar-refractivity contribution in [2.24, 2.45) is 11.8 Å². The van der Waals surface area contributed by atoms with Crippen molar-refractivity contribution in [1.29, 1.82) is 0 Å². The molecular weight excluding hydrogens is 854 g/mol. The normalized spacial score (nSPS) is 10.8. The number of nitrogens with zero attached hydrogens (tertiary/aromatic N) is 2. The van der Waals surface area contributed by atoms with Gasteiger partial charge in [0.2, 0.25) is 0 Å². The molecule has 45 heavy (non-hydrogen) atoms. The maximum Gasteiger partial charge on any atom is 3.00 e. The fraction of sp³-hybridized carbons (Fsp3) is 0.421. The van der Waals surface area contributed by atoms with E-state index in [4.69, 9.17) is 20.2 Å². The van der Waals surface area contributed by atoms with Gasteiger partial charge >= 0.3 is 271 Å². The Morgan fingerprint density at radius 1 is 0.600 bits per heavy atom. The predicted octanol–water partition coefficient (Wildman–Crippen LogP) is 7.80. The summed E-state index contributed by atoms with van der Waals surface area (Å²) in [6.07, 6.45) is 6.54. The molecule has 246 valence electrons. The summed E-state index contributed by atoms with van der Waals surface area (Å²) in [7, 11) is 2.00. The molecule has 4 nitrogen and oxygen atoms in total. The first kappa shape index (κ1) is 43.4. The standard InChI is InChI=1S/2C18H24GeN.2CH4O.Ir/c2*1-14(2)11-16-12-18(15-9-7-6-8-10-15)20-13-17(16)19(3,4)5;2*1-2;/h2*6-9,12-14H,11H2,1-5H3;2*2H,1H3;/q2*-1;;;+3. The third-order valence-corrected chi connectivity index (χ3v) is 15.5. The van der Waals surface area contributed by atoms with Crippen molar-refractivity contribution in [2.75, 3.05) is 14.2 Å². The first-order valence-corrected chi connectivity index (χ1v) is 30.3. The second kappa shape index (κ2) is 21.3. The number of benzene rings is 2. The van der Waals surface area contributed by atoms with Crippen LogP contribution >= 0.6 is 0 Å². The number of aliphatic hydroxyl groups is 2. The van der Waals surface area contributed by atoms with E-state index >= 15 is 0 Å². The fourth-order valence-electron chi connectivity index (χ4n) is 4.96. The van der Waals surface area contributed by atoms with Gasteiger partial charge in [-0.25, -0.2) is 0 Å². The second-order valence-corrected chi connectivity index (χ2v) is 34.8. The van der Waals surface area contributed by atoms with Crippen molar-refractivity contribution in [2.45, 2.75) is 75.1 Å². The van der Waals surface area contributed by atoms with Crippen LogP contribution in [-0.4, -0.2) is 60.9 Å². The molecule has 0 bridgehead atoms. The average molecular weight is 910 g/mol. The molecule has 0 unspecified atom stereocenters. The molecule has 0 radical (unpaired) electrons. The van der Waals surface area contributed by atoms with Crippen molar-refractivity contribution in [3.05, 3.63) is 96.3 Å². The minimum atomic E-state index is -1.86. The molecule has 2 N–H and O–H groups in total. The minimum Gasteiger partial charge on any atom is -0.400 e. The number of hydrogen-bond donors (Lipinski definition) is 2. The molecule has 0 aliphatic carbocycles. The SMILES string of the molecule is CC(C)Cc1cc(-c2[c-]cccc2)nc[c]1[Ge]([CH3])([CH3])[CH3].CC(C)Cc1cc(-c2[c-]cccc2)nc[c]1[Ge]([CH3])([CH3])[CH3].CO.CO.[Ir+3]. The van der Waals surface area contributed by atoms with Crippen LogP contribution in [0.1, 0.15) is 38.8 Å². The summed E-state index contributed by atoms with van der Waals surface area (Å²) in [4.78, 5) is 9.40. The van der Waals surface area contributed by atoms with Gasteiger partial charge < -0.3 is 10.2 Å². The number of aromatic nitrogens is 2. The number of hydrogen-bond acceptors (Lipinski definition) is 4. The molecule has 4 aromatic rings. The zero-order valence-electron chi connectivity index (χ0n) is 29.6. The molecule has 0 fully saturated rings. The number of rotatable bonds is 8. The Kier molecular flexibility index (Phi) is 20.5. The summed E-state index contributed by atoms with van der Waals surface area (Å²) in [6.45, 7) is 9.14. The van der Waals surface area contributed by atoms with Crippen molar-refractivity contribution in [3.63, 3.8) is 0 Å². The quantitative estimate of drug-likeness (QED) is 0.140. The van der Waals surface area contributed by atoms with E-state index in [0.29, 0.717) is 11.8 Å². The molecule has 4 rings (SSSR count). The molecule has 0 atom stereocenters. The Morgan fingerprint density at radius 2 is 0.933 bits per heavy atom. The fourth-order valence-corrected chi connectivity index (χ4v) is 11.6. The maximum atomic E-state index is 7.00. The smallest absolute Gasteiger partial charge is 0.400 e. The van der Waals surface area contributed by atoms with Crippen LogP contribution in [0.2, 0.25) is 34.5 Å². The van der Waals surface area contributed by atoms with Crippen molar-refractivity contribution >= 4 is 35.3 Å². The van der Waals surface area contributed by atoms with E-state index in [-0.39, 0.29) is 20.1 Å². The van der Waals surface area contributed by atoms with Gasteiger partial charge in [0.05, 0.1) is 0 Å². The summed E-state index contributed by atoms with van der Waals surface area (Å²) in [5, 5.41) is 14.0. The van der Waals surface area contributed by atoms with E-state index in [2.05, 4.69) is 111 Å². The molecule has 0 amide bonds. The van der Waals surface area contributed by atoms with Gasteiger partial charge in [-0.1, -0.05) is 0 Å². The monoisotopic (exact) mass is 913 g/mol. The number of pyridine rings is 2. The Balaban J connectivity index is 0.000000760. The first-order valence-electron chi connectivity index (χ1n) is 15.6. The third kappa shape index (κ3) is 14.8. The average Bonchev–Trinajstić information content (AvgIpc) is 2.98. The van der Waals surface area contributed by atoms with Gasteiger partial charge in [-0.3, -0.25) is 0 Å². The summed E-state index contributed by atoms with van der Waals surface area (Å²) in [5.41, 5.74) is 7.27. The predicted molar refractivity (Wildman–Crippen MR) is 196 cm³/mol. The molecule has 2 aromatic carbocycles. The van der Waals surface area contributed by atoms with Crippen LogP contribution in [0, 0.1) is 24.0 Å². The van der Waals surface area contributed by atoms with Crippen LogP contribution in [-0.2, 0) is 32.9 Å². The van der Waals surface area contributed by atoms with Gasteiger partial charge in [0.15, 0.2) is 0 Å². The van der Waals surface area contributed by atoms with Crippen LogP contribution < -0.4 is 8.79 Å². The molecule has 0 aliphatic heterocycles. The molecule has 0 saturated heterocycles. The molecule has 0 saturated carbocycles. The van der Waals surface area contributed by atoms with E-state index in [1.807, 2.05) is 36.4 Å². The number of aliphatic hydroxyl groups excluding tert-OH is 2. The first-order chi connectivity index (χ1) is 20.8. The molecule has 0 spiro atoms. The van der Waals surface area contributed by atoms with Crippen molar-refractivity contribution in [1.82, 2.24) is 9.97 Å². The van der Waals surface area contributed by atoms with Gasteiger partial charge in [-0.15, -0.1) is 0 Å². The minimum absolute atomic E-state index is 0. The maximum absolute atomic E-state index is 7.00. The molecule has 2 heterocycles. The van der Waals surface area contributed by atoms with Crippen LogP contribution in [0.4, 0.5) is 0 Å². The van der Waals surface area contributed by atoms with Crippen LogP contribution in [0.5, 0.6) is 0 Å². The topological polar surface area (TPSA) is 66.2 Å². The Hall–Kier alpha value is -1.60. The van der Waals surface area contributed by atoms with Crippen molar-refractivity contribution in [3.8, 4) is 22.5 Å². The van der Waals surface area contributed by atoms with E-state index in [1.165, 1.54) is 11.1 Å². The van der Waals surface area contributed by atoms with Crippen LogP contribution in [0.3, 0.4) is 0 Å². The van der Waals surface area contributed by atoms with Crippen LogP contribution in [0.15, 0.2) is 73.1 Å². The summed E-state index contributed by atoms with van der Waals surface area (Å²) in [5.74, 6) is 16.0. The summed E-state index contributed by atoms with van der Waals surface area (Å²) in [6, 6.07) is 27.3. The molecule has 2 aromatic heterocycles. The van der Waals surface area contributed by atoms with E-state index in [1.54, 1.807) is 8.79 Å². The van der Waals surface area contributed by atoms with Gasteiger partial charge in [0.1, 0.15) is 0 Å². The van der Waals surface area contributed by atoms with Gasteiger partial charge in [0, 0.05) is 14.2 Å². The van der Waals surface area contributed by atoms with Crippen LogP contribution in [0.25, 0.3) is 22.5 Å². The van der Waals surface area contributed by atoms with Gasteiger partial charge in [-0.2, -0.15) is 0 Å². The zero-order valence-corrected chi connectivity index (χ0v) is 36.2. The molecule has 0 aliphatic rings. The summed E-state index contributed by atoms with van der Waals surface area (Å²) < 4.78 is 3.08. The van der Waals surface area contributed by atoms with Gasteiger partial charge in [0.25, 0.3) is 0 Å². The Bertz CT molecular complexity index is 1260. The largest absolute Gasteiger partial charge is 3.00 e. The van der Waals surface area contributed by atoms with Crippen molar-refractivity contribution < 1.29 is 30.3 Å². The van der Waals surface area contributed by atoms with E-state index in [9.17, 15) is 0 Å². The van der Waals surface area contributed by atoms with E-state index in [0.717, 1.165) is 49.6 Å². The Morgan fingerprint density at radius 3 is 1.18 bits per heavy atom. The Labute approximate surface area is 293 Å². The van der Waals surface area contributed by atoms with E-state index < -0.39 is 26.5 Å². The second-order valence-electron chi connectivity index (χ2n) is 13.7. The third-order valence-electron chi connectivity index (χ3n) is 6.82. The zero-order chi connectivity index (χ0) is 33.5. The summed E-state index contributed by atoms with van der Waals surface area (Å²) >= 11 is -3.72. The molecule has 7 heteroatoms.